The van der Waals surface area contributed by atoms with E-state index in [1.165, 1.54) is 6.42 Å². The first-order chi connectivity index (χ1) is 9.52. The standard InChI is InChI=1S/C13H24N4O3/c1-9(15-8-11(18)14-2)12(19)17-13(20)16-10-6-4-3-5-7-10/h9-10,15H,3-8H2,1-2H3,(H,14,18)(H2,16,17,19,20)/p+1/t9-/m1/s1. The van der Waals surface area contributed by atoms with Gasteiger partial charge in [0.2, 0.25) is 0 Å². The van der Waals surface area contributed by atoms with Crippen molar-refractivity contribution in [3.8, 4) is 0 Å². The molecule has 7 nitrogen and oxygen atoms in total. The highest BCUT2D eigenvalue weighted by atomic mass is 16.2. The number of urea groups is 1. The molecular weight excluding hydrogens is 260 g/mol. The Hall–Kier alpha value is -1.63. The summed E-state index contributed by atoms with van der Waals surface area (Å²) in [5.74, 6) is -0.543. The topological polar surface area (TPSA) is 104 Å². The summed E-state index contributed by atoms with van der Waals surface area (Å²) in [5.41, 5.74) is 0. The number of likely N-dealkylation sites (N-methyl/N-ethyl adjacent to an activating group) is 1. The number of hydrogen-bond acceptors (Lipinski definition) is 3. The number of nitrogens with two attached hydrogens (primary N) is 1. The maximum atomic E-state index is 11.8. The van der Waals surface area contributed by atoms with Crippen LogP contribution in [0.3, 0.4) is 0 Å². The van der Waals surface area contributed by atoms with Gasteiger partial charge >= 0.3 is 6.03 Å². The maximum absolute atomic E-state index is 11.8. The zero-order valence-electron chi connectivity index (χ0n) is 12.2. The molecule has 1 aliphatic rings. The highest BCUT2D eigenvalue weighted by Crippen LogP contribution is 2.16. The van der Waals surface area contributed by atoms with Crippen LogP contribution in [0.1, 0.15) is 39.0 Å². The van der Waals surface area contributed by atoms with Gasteiger partial charge in [-0.2, -0.15) is 0 Å². The van der Waals surface area contributed by atoms with Crippen LogP contribution in [-0.4, -0.2) is 43.5 Å². The lowest BCUT2D eigenvalue weighted by atomic mass is 9.96. The van der Waals surface area contributed by atoms with Crippen LogP contribution in [0, 0.1) is 0 Å². The van der Waals surface area contributed by atoms with Crippen LogP contribution >= 0.6 is 0 Å². The number of imide groups is 1. The summed E-state index contributed by atoms with van der Waals surface area (Å²) in [6.07, 6.45) is 5.40. The van der Waals surface area contributed by atoms with Crippen molar-refractivity contribution in [1.82, 2.24) is 16.0 Å². The van der Waals surface area contributed by atoms with Crippen LogP contribution in [0.2, 0.25) is 0 Å². The van der Waals surface area contributed by atoms with Crippen LogP contribution in [-0.2, 0) is 9.59 Å². The first-order valence-corrected chi connectivity index (χ1v) is 7.18. The number of quaternary nitrogens is 1. The van der Waals surface area contributed by atoms with E-state index in [1.54, 1.807) is 19.3 Å². The molecule has 114 valence electrons. The van der Waals surface area contributed by atoms with Crippen LogP contribution in [0.4, 0.5) is 4.79 Å². The molecule has 7 heteroatoms. The minimum Gasteiger partial charge on any atom is -0.354 e. The summed E-state index contributed by atoms with van der Waals surface area (Å²) in [5, 5.41) is 9.19. The van der Waals surface area contributed by atoms with E-state index in [4.69, 9.17) is 0 Å². The van der Waals surface area contributed by atoms with Crippen molar-refractivity contribution in [1.29, 1.82) is 0 Å². The third kappa shape index (κ3) is 6.01. The van der Waals surface area contributed by atoms with E-state index in [2.05, 4.69) is 16.0 Å². The summed E-state index contributed by atoms with van der Waals surface area (Å²) < 4.78 is 0. The lowest BCUT2D eigenvalue weighted by Gasteiger charge is -2.22. The highest BCUT2D eigenvalue weighted by Gasteiger charge is 2.21. The molecular formula is C13H25N4O3+. The second-order valence-electron chi connectivity index (χ2n) is 5.20. The number of nitrogens with one attached hydrogen (secondary N) is 3. The molecule has 0 heterocycles. The molecule has 1 atom stereocenters. The number of rotatable bonds is 5. The van der Waals surface area contributed by atoms with E-state index in [0.717, 1.165) is 25.7 Å². The average Bonchev–Trinajstić information content (AvgIpc) is 2.45. The van der Waals surface area contributed by atoms with Gasteiger partial charge in [0.1, 0.15) is 0 Å². The number of hydrogen-bond donors (Lipinski definition) is 4. The molecule has 20 heavy (non-hydrogen) atoms. The Kier molecular flexibility index (Phi) is 7.00. The molecule has 1 rings (SSSR count). The molecule has 0 aromatic heterocycles. The second kappa shape index (κ2) is 8.52. The molecule has 5 N–H and O–H groups in total. The van der Waals surface area contributed by atoms with Gasteiger partial charge in [0.05, 0.1) is 0 Å². The van der Waals surface area contributed by atoms with E-state index in [-0.39, 0.29) is 24.4 Å². The second-order valence-corrected chi connectivity index (χ2v) is 5.20. The first-order valence-electron chi connectivity index (χ1n) is 7.18. The van der Waals surface area contributed by atoms with Crippen molar-refractivity contribution < 1.29 is 19.7 Å². The van der Waals surface area contributed by atoms with E-state index in [0.29, 0.717) is 0 Å². The number of carbonyl (C=O) groups excluding carboxylic acids is 3. The van der Waals surface area contributed by atoms with Crippen LogP contribution in [0.15, 0.2) is 0 Å². The van der Waals surface area contributed by atoms with Gasteiger partial charge in [-0.1, -0.05) is 19.3 Å². The van der Waals surface area contributed by atoms with Crippen LogP contribution in [0.5, 0.6) is 0 Å². The van der Waals surface area contributed by atoms with Crippen LogP contribution in [0.25, 0.3) is 0 Å². The Bertz CT molecular complexity index is 354. The molecule has 0 aliphatic heterocycles. The van der Waals surface area contributed by atoms with Gasteiger partial charge in [-0.15, -0.1) is 0 Å². The van der Waals surface area contributed by atoms with Gasteiger partial charge in [-0.3, -0.25) is 14.9 Å². The van der Waals surface area contributed by atoms with E-state index in [1.807, 2.05) is 0 Å². The Morgan fingerprint density at radius 1 is 1.20 bits per heavy atom. The van der Waals surface area contributed by atoms with Gasteiger partial charge in [-0.05, 0) is 19.8 Å². The monoisotopic (exact) mass is 285 g/mol. The largest absolute Gasteiger partial charge is 0.354 e. The van der Waals surface area contributed by atoms with Crippen molar-refractivity contribution in [3.63, 3.8) is 0 Å². The Morgan fingerprint density at radius 3 is 2.45 bits per heavy atom. The predicted molar refractivity (Wildman–Crippen MR) is 73.9 cm³/mol. The number of carbonyl (C=O) groups is 3. The zero-order chi connectivity index (χ0) is 15.0. The average molecular weight is 285 g/mol. The Labute approximate surface area is 119 Å². The molecule has 0 radical (unpaired) electrons. The fourth-order valence-corrected chi connectivity index (χ4v) is 2.19. The molecule has 0 spiro atoms. The fourth-order valence-electron chi connectivity index (χ4n) is 2.19. The minimum atomic E-state index is -0.482. The van der Waals surface area contributed by atoms with Gasteiger partial charge in [-0.25, -0.2) is 4.79 Å². The Balaban J connectivity index is 2.25. The summed E-state index contributed by atoms with van der Waals surface area (Å²) >= 11 is 0. The molecule has 1 fully saturated rings. The van der Waals surface area contributed by atoms with E-state index < -0.39 is 12.1 Å². The van der Waals surface area contributed by atoms with Gasteiger partial charge in [0, 0.05) is 13.1 Å². The zero-order valence-corrected chi connectivity index (χ0v) is 12.2. The molecule has 0 aromatic rings. The highest BCUT2D eigenvalue weighted by molar-refractivity contribution is 5.96. The van der Waals surface area contributed by atoms with Gasteiger partial charge in [0.15, 0.2) is 12.6 Å². The fraction of sp³-hybridized carbons (Fsp3) is 0.769. The van der Waals surface area contributed by atoms with Crippen molar-refractivity contribution in [3.05, 3.63) is 0 Å². The summed E-state index contributed by atoms with van der Waals surface area (Å²) in [6, 6.07) is -0.756. The van der Waals surface area contributed by atoms with Crippen molar-refractivity contribution in [2.45, 2.75) is 51.1 Å². The van der Waals surface area contributed by atoms with Crippen LogP contribution < -0.4 is 21.3 Å². The summed E-state index contributed by atoms with van der Waals surface area (Å²) in [7, 11) is 1.54. The predicted octanol–water partition coefficient (Wildman–Crippen LogP) is -1.16. The smallest absolute Gasteiger partial charge is 0.321 e. The summed E-state index contributed by atoms with van der Waals surface area (Å²) in [4.78, 5) is 34.5. The Morgan fingerprint density at radius 2 is 1.85 bits per heavy atom. The maximum Gasteiger partial charge on any atom is 0.321 e. The SMILES string of the molecule is CNC(=O)C[NH2+][C@H](C)C(=O)NC(=O)NC1CCCCC1. The van der Waals surface area contributed by atoms with Crippen molar-refractivity contribution >= 4 is 17.8 Å². The molecule has 0 unspecified atom stereocenters. The molecule has 0 aromatic carbocycles. The third-order valence-corrected chi connectivity index (χ3v) is 3.53. The summed E-state index contributed by atoms with van der Waals surface area (Å²) in [6.45, 7) is 1.82. The van der Waals surface area contributed by atoms with Gasteiger partial charge in [0.25, 0.3) is 11.8 Å². The lowest BCUT2D eigenvalue weighted by molar-refractivity contribution is -0.663. The van der Waals surface area contributed by atoms with Crippen molar-refractivity contribution in [2.75, 3.05) is 13.6 Å². The molecule has 1 aliphatic carbocycles. The third-order valence-electron chi connectivity index (χ3n) is 3.53. The lowest BCUT2D eigenvalue weighted by Crippen LogP contribution is -2.93. The normalized spacial score (nSPS) is 17.1. The first kappa shape index (κ1) is 16.4. The quantitative estimate of drug-likeness (QED) is 0.512. The van der Waals surface area contributed by atoms with Gasteiger partial charge < -0.3 is 16.0 Å². The molecule has 4 amide bonds. The van der Waals surface area contributed by atoms with E-state index >= 15 is 0 Å². The van der Waals surface area contributed by atoms with Crippen molar-refractivity contribution in [2.24, 2.45) is 0 Å². The number of amides is 4. The molecule has 0 bridgehead atoms. The molecule has 1 saturated carbocycles. The van der Waals surface area contributed by atoms with E-state index in [9.17, 15) is 14.4 Å². The molecule has 0 saturated heterocycles. The minimum absolute atomic E-state index is 0.156.